The van der Waals surface area contributed by atoms with E-state index in [2.05, 4.69) is 9.97 Å². The van der Waals surface area contributed by atoms with Gasteiger partial charge in [-0.05, 0) is 55.8 Å². The normalized spacial score (nSPS) is 11.3. The van der Waals surface area contributed by atoms with Gasteiger partial charge in [-0.2, -0.15) is 0 Å². The molecular formula is C25H23N3O7S2. The summed E-state index contributed by atoms with van der Waals surface area (Å²) in [6.45, 7) is 3.21. The predicted octanol–water partition coefficient (Wildman–Crippen LogP) is 3.65. The summed E-state index contributed by atoms with van der Waals surface area (Å²) >= 11 is 1.03. The number of nitrogens with one attached hydrogen (secondary N) is 1. The fraction of sp³-hybridized carbons (Fsp3) is 0.200. The van der Waals surface area contributed by atoms with Gasteiger partial charge in [0, 0.05) is 7.05 Å². The summed E-state index contributed by atoms with van der Waals surface area (Å²) < 4.78 is 37.3. The minimum absolute atomic E-state index is 0.0114. The van der Waals surface area contributed by atoms with Gasteiger partial charge in [0.2, 0.25) is 0 Å². The third-order valence-electron chi connectivity index (χ3n) is 5.52. The average molecular weight is 542 g/mol. The Hall–Kier alpha value is -4.03. The number of rotatable bonds is 8. The number of esters is 2. The molecule has 37 heavy (non-hydrogen) atoms. The summed E-state index contributed by atoms with van der Waals surface area (Å²) in [5.74, 6) is -1.15. The molecule has 0 aliphatic heterocycles. The lowest BCUT2D eigenvalue weighted by atomic mass is 10.2. The Balaban J connectivity index is 1.48. The summed E-state index contributed by atoms with van der Waals surface area (Å²) in [5.41, 5.74) is 0.641. The quantitative estimate of drug-likeness (QED) is 0.334. The smallest absolute Gasteiger partial charge is 0.348 e. The maximum Gasteiger partial charge on any atom is 0.348 e. The van der Waals surface area contributed by atoms with E-state index in [1.807, 2.05) is 0 Å². The van der Waals surface area contributed by atoms with E-state index in [-0.39, 0.29) is 39.8 Å². The average Bonchev–Trinajstić information content (AvgIpc) is 3.24. The van der Waals surface area contributed by atoms with Crippen molar-refractivity contribution in [3.05, 3.63) is 86.8 Å². The molecule has 10 nitrogen and oxygen atoms in total. The van der Waals surface area contributed by atoms with Crippen molar-refractivity contribution in [3.63, 3.8) is 0 Å². The van der Waals surface area contributed by atoms with Gasteiger partial charge < -0.3 is 14.5 Å². The van der Waals surface area contributed by atoms with Crippen molar-refractivity contribution in [2.24, 2.45) is 0 Å². The largest absolute Gasteiger partial charge is 0.462 e. The molecule has 0 fully saturated rings. The molecule has 4 rings (SSSR count). The zero-order chi connectivity index (χ0) is 26.7. The number of ether oxygens (including phenoxy) is 2. The number of thiophene rings is 1. The van der Waals surface area contributed by atoms with Crippen molar-refractivity contribution in [2.45, 2.75) is 25.3 Å². The number of sulfonamides is 1. The third-order valence-corrected chi connectivity index (χ3v) is 8.48. The van der Waals surface area contributed by atoms with Gasteiger partial charge in [0.1, 0.15) is 22.1 Å². The van der Waals surface area contributed by atoms with Crippen molar-refractivity contribution in [3.8, 4) is 0 Å². The number of nitrogens with zero attached hydrogens (tertiary/aromatic N) is 2. The Labute approximate surface area is 216 Å². The van der Waals surface area contributed by atoms with Gasteiger partial charge in [-0.25, -0.2) is 23.0 Å². The first kappa shape index (κ1) is 26.0. The van der Waals surface area contributed by atoms with Gasteiger partial charge in [-0.15, -0.1) is 11.3 Å². The van der Waals surface area contributed by atoms with E-state index in [1.165, 1.54) is 31.3 Å². The molecule has 0 saturated carbocycles. The highest BCUT2D eigenvalue weighted by Gasteiger charge is 2.23. The zero-order valence-electron chi connectivity index (χ0n) is 20.2. The fourth-order valence-corrected chi connectivity index (χ4v) is 5.85. The molecule has 4 aromatic rings. The van der Waals surface area contributed by atoms with E-state index < -0.39 is 27.5 Å². The van der Waals surface area contributed by atoms with Gasteiger partial charge in [0.05, 0.1) is 28.1 Å². The number of benzene rings is 2. The van der Waals surface area contributed by atoms with Crippen LogP contribution in [0.5, 0.6) is 0 Å². The number of H-pyrrole nitrogens is 1. The van der Waals surface area contributed by atoms with Crippen LogP contribution in [0.4, 0.5) is 5.69 Å². The number of aromatic amines is 1. The monoisotopic (exact) mass is 541 g/mol. The second-order valence-corrected chi connectivity index (χ2v) is 10.8. The number of anilines is 1. The molecule has 0 atom stereocenters. The molecule has 12 heteroatoms. The van der Waals surface area contributed by atoms with Crippen LogP contribution in [-0.2, 0) is 26.1 Å². The van der Waals surface area contributed by atoms with E-state index in [9.17, 15) is 22.8 Å². The van der Waals surface area contributed by atoms with Gasteiger partial charge >= 0.3 is 11.9 Å². The summed E-state index contributed by atoms with van der Waals surface area (Å²) in [4.78, 5) is 44.8. The van der Waals surface area contributed by atoms with Crippen LogP contribution in [-0.4, -0.2) is 44.0 Å². The van der Waals surface area contributed by atoms with Crippen molar-refractivity contribution in [2.75, 3.05) is 18.0 Å². The first-order valence-electron chi connectivity index (χ1n) is 11.1. The molecule has 0 amide bonds. The van der Waals surface area contributed by atoms with Crippen LogP contribution in [0.15, 0.2) is 64.3 Å². The van der Waals surface area contributed by atoms with Gasteiger partial charge in [0.25, 0.3) is 15.6 Å². The van der Waals surface area contributed by atoms with Crippen LogP contribution in [0.2, 0.25) is 0 Å². The van der Waals surface area contributed by atoms with Crippen LogP contribution < -0.4 is 9.86 Å². The van der Waals surface area contributed by atoms with Crippen molar-refractivity contribution in [1.82, 2.24) is 9.97 Å². The van der Waals surface area contributed by atoms with Gasteiger partial charge in [0.15, 0.2) is 0 Å². The lowest BCUT2D eigenvalue weighted by molar-refractivity contribution is 0.0461. The number of fused-ring (bicyclic) bond motifs is 1. The van der Waals surface area contributed by atoms with Gasteiger partial charge in [-0.1, -0.05) is 18.2 Å². The predicted molar refractivity (Wildman–Crippen MR) is 139 cm³/mol. The number of aromatic nitrogens is 2. The minimum atomic E-state index is -3.83. The number of para-hydroxylation sites is 1. The van der Waals surface area contributed by atoms with Crippen molar-refractivity contribution < 1.29 is 27.5 Å². The minimum Gasteiger partial charge on any atom is -0.462 e. The lowest BCUT2D eigenvalue weighted by Gasteiger charge is -2.19. The molecule has 2 aromatic heterocycles. The number of hydrogen-bond acceptors (Lipinski definition) is 9. The van der Waals surface area contributed by atoms with Crippen molar-refractivity contribution >= 4 is 49.2 Å². The summed E-state index contributed by atoms with van der Waals surface area (Å²) in [7, 11) is -2.38. The van der Waals surface area contributed by atoms with Crippen LogP contribution in [0.25, 0.3) is 10.2 Å². The van der Waals surface area contributed by atoms with Crippen molar-refractivity contribution in [1.29, 1.82) is 0 Å². The first-order chi connectivity index (χ1) is 17.6. The van der Waals surface area contributed by atoms with E-state index >= 15 is 0 Å². The SMILES string of the molecule is CCOC(=O)c1sc2nc(COC(=O)c3ccc(S(=O)(=O)N(C)c4ccccc4)cc3)[nH]c(=O)c2c1C. The second-order valence-electron chi connectivity index (χ2n) is 7.88. The molecule has 0 bridgehead atoms. The Bertz CT molecular complexity index is 1630. The standard InChI is InChI=1S/C25H23N3O7S2/c1-4-34-25(31)21-15(2)20-22(29)26-19(27-23(20)36-21)14-35-24(30)16-10-12-18(13-11-16)37(32,33)28(3)17-8-6-5-7-9-17/h5-13H,4,14H2,1-3H3,(H,26,27,29). The van der Waals surface area contributed by atoms with E-state index in [1.54, 1.807) is 44.2 Å². The first-order valence-corrected chi connectivity index (χ1v) is 13.4. The Morgan fingerprint density at radius 2 is 1.70 bits per heavy atom. The van der Waals surface area contributed by atoms with E-state index in [0.717, 1.165) is 15.6 Å². The number of carbonyl (C=O) groups excluding carboxylic acids is 2. The summed E-state index contributed by atoms with van der Waals surface area (Å²) in [6.07, 6.45) is 0. The van der Waals surface area contributed by atoms with Gasteiger partial charge in [-0.3, -0.25) is 9.10 Å². The molecule has 2 aromatic carbocycles. The summed E-state index contributed by atoms with van der Waals surface area (Å²) in [6, 6.07) is 14.0. The second kappa shape index (κ2) is 10.5. The van der Waals surface area contributed by atoms with Crippen LogP contribution in [0.1, 0.15) is 38.3 Å². The Morgan fingerprint density at radius 3 is 2.35 bits per heavy atom. The Morgan fingerprint density at radius 1 is 1.03 bits per heavy atom. The maximum absolute atomic E-state index is 12.9. The molecule has 0 spiro atoms. The molecule has 0 radical (unpaired) electrons. The highest BCUT2D eigenvalue weighted by Crippen LogP contribution is 2.28. The van der Waals surface area contributed by atoms with Crippen LogP contribution in [0.3, 0.4) is 0 Å². The molecule has 0 saturated heterocycles. The van der Waals surface area contributed by atoms with E-state index in [4.69, 9.17) is 9.47 Å². The molecule has 0 aliphatic carbocycles. The third kappa shape index (κ3) is 5.25. The maximum atomic E-state index is 12.9. The molecule has 1 N–H and O–H groups in total. The molecule has 192 valence electrons. The number of carbonyl (C=O) groups is 2. The molecule has 0 aliphatic rings. The number of hydrogen-bond donors (Lipinski definition) is 1. The highest BCUT2D eigenvalue weighted by molar-refractivity contribution is 7.92. The topological polar surface area (TPSA) is 136 Å². The molecular weight excluding hydrogens is 518 g/mol. The number of aryl methyl sites for hydroxylation is 1. The summed E-state index contributed by atoms with van der Waals surface area (Å²) in [5, 5.41) is 0.278. The molecule has 2 heterocycles. The van der Waals surface area contributed by atoms with Crippen LogP contribution >= 0.6 is 11.3 Å². The zero-order valence-corrected chi connectivity index (χ0v) is 21.8. The highest BCUT2D eigenvalue weighted by atomic mass is 32.2. The molecule has 0 unspecified atom stereocenters. The Kier molecular flexibility index (Phi) is 7.41. The van der Waals surface area contributed by atoms with Crippen LogP contribution in [0, 0.1) is 6.92 Å². The lowest BCUT2D eigenvalue weighted by Crippen LogP contribution is -2.26. The fourth-order valence-electron chi connectivity index (χ4n) is 3.56. The van der Waals surface area contributed by atoms with E-state index in [0.29, 0.717) is 16.1 Å².